The van der Waals surface area contributed by atoms with E-state index in [-0.39, 0.29) is 6.04 Å². The summed E-state index contributed by atoms with van der Waals surface area (Å²) in [4.78, 5) is 5.67. The Bertz CT molecular complexity index is 1010. The minimum Gasteiger partial charge on any atom is -0.361 e. The molecular formula is C18H23N5O2S. The van der Waals surface area contributed by atoms with Crippen LogP contribution in [0.4, 0.5) is 0 Å². The first kappa shape index (κ1) is 17.3. The van der Waals surface area contributed by atoms with Crippen molar-refractivity contribution in [2.75, 3.05) is 19.3 Å². The number of nitrogens with zero attached hydrogens (tertiary/aromatic N) is 3. The zero-order valence-electron chi connectivity index (χ0n) is 14.7. The van der Waals surface area contributed by atoms with Gasteiger partial charge in [-0.05, 0) is 30.2 Å². The van der Waals surface area contributed by atoms with Crippen molar-refractivity contribution in [2.24, 2.45) is 0 Å². The largest absolute Gasteiger partial charge is 0.361 e. The second-order valence-electron chi connectivity index (χ2n) is 6.90. The number of aromatic amines is 1. The Balaban J connectivity index is 1.51. The van der Waals surface area contributed by atoms with Crippen molar-refractivity contribution in [1.82, 2.24) is 24.4 Å². The lowest BCUT2D eigenvalue weighted by molar-refractivity contribution is 0.162. The maximum atomic E-state index is 11.3. The monoisotopic (exact) mass is 373 g/mol. The molecule has 0 unspecified atom stereocenters. The molecule has 4 rings (SSSR count). The van der Waals surface area contributed by atoms with Gasteiger partial charge in [0.1, 0.15) is 0 Å². The Morgan fingerprint density at radius 1 is 1.31 bits per heavy atom. The number of hydrogen-bond acceptors (Lipinski definition) is 4. The summed E-state index contributed by atoms with van der Waals surface area (Å²) in [6.45, 7) is 2.97. The fourth-order valence-corrected chi connectivity index (χ4v) is 4.23. The second-order valence-corrected chi connectivity index (χ2v) is 8.73. The average Bonchev–Trinajstić information content (AvgIpc) is 3.22. The zero-order chi connectivity index (χ0) is 18.1. The second kappa shape index (κ2) is 6.86. The maximum Gasteiger partial charge on any atom is 0.208 e. The minimum absolute atomic E-state index is 0.161. The van der Waals surface area contributed by atoms with Crippen LogP contribution < -0.4 is 4.72 Å². The molecule has 0 saturated carbocycles. The molecule has 0 radical (unpaired) electrons. The molecule has 8 heteroatoms. The third kappa shape index (κ3) is 3.67. The van der Waals surface area contributed by atoms with E-state index >= 15 is 0 Å². The van der Waals surface area contributed by atoms with Crippen molar-refractivity contribution in [1.29, 1.82) is 0 Å². The minimum atomic E-state index is -3.17. The van der Waals surface area contributed by atoms with Crippen LogP contribution in [0.2, 0.25) is 0 Å². The summed E-state index contributed by atoms with van der Waals surface area (Å²) in [6.07, 6.45) is 5.70. The number of nitrogens with one attached hydrogen (secondary N) is 2. The molecule has 0 spiro atoms. The Labute approximate surface area is 153 Å². The van der Waals surface area contributed by atoms with Gasteiger partial charge in [-0.15, -0.1) is 0 Å². The smallest absolute Gasteiger partial charge is 0.208 e. The molecule has 7 nitrogen and oxygen atoms in total. The van der Waals surface area contributed by atoms with Gasteiger partial charge in [-0.3, -0.25) is 9.58 Å². The van der Waals surface area contributed by atoms with E-state index in [0.29, 0.717) is 13.0 Å². The van der Waals surface area contributed by atoms with Gasteiger partial charge < -0.3 is 4.98 Å². The predicted octanol–water partition coefficient (Wildman–Crippen LogP) is 1.86. The topological polar surface area (TPSA) is 83.0 Å². The Morgan fingerprint density at radius 3 is 3.04 bits per heavy atom. The molecule has 26 heavy (non-hydrogen) atoms. The van der Waals surface area contributed by atoms with Crippen LogP contribution in [0.15, 0.2) is 42.7 Å². The highest BCUT2D eigenvalue weighted by molar-refractivity contribution is 7.88. The first-order chi connectivity index (χ1) is 12.5. The average molecular weight is 373 g/mol. The van der Waals surface area contributed by atoms with Crippen LogP contribution in [0.1, 0.15) is 23.7 Å². The predicted molar refractivity (Wildman–Crippen MR) is 101 cm³/mol. The van der Waals surface area contributed by atoms with E-state index in [2.05, 4.69) is 44.0 Å². The van der Waals surface area contributed by atoms with Gasteiger partial charge in [0.2, 0.25) is 10.0 Å². The fraction of sp³-hybridized carbons (Fsp3) is 0.389. The molecule has 138 valence electrons. The van der Waals surface area contributed by atoms with Gasteiger partial charge in [-0.1, -0.05) is 12.1 Å². The van der Waals surface area contributed by atoms with Gasteiger partial charge in [0.15, 0.2) is 0 Å². The van der Waals surface area contributed by atoms with Crippen LogP contribution in [0, 0.1) is 0 Å². The van der Waals surface area contributed by atoms with Gasteiger partial charge in [-0.2, -0.15) is 5.10 Å². The molecule has 1 aromatic carbocycles. The summed E-state index contributed by atoms with van der Waals surface area (Å²) in [5.74, 6) is 0. The van der Waals surface area contributed by atoms with Crippen molar-refractivity contribution < 1.29 is 8.42 Å². The molecule has 2 N–H and O–H groups in total. The quantitative estimate of drug-likeness (QED) is 0.691. The Hall–Kier alpha value is -2.16. The Kier molecular flexibility index (Phi) is 4.56. The molecule has 3 aromatic rings. The van der Waals surface area contributed by atoms with Crippen LogP contribution in [0.5, 0.6) is 0 Å². The summed E-state index contributed by atoms with van der Waals surface area (Å²) >= 11 is 0. The van der Waals surface area contributed by atoms with Gasteiger partial charge >= 0.3 is 0 Å². The van der Waals surface area contributed by atoms with Crippen molar-refractivity contribution in [3.8, 4) is 0 Å². The van der Waals surface area contributed by atoms with E-state index in [0.717, 1.165) is 25.2 Å². The molecule has 1 atom stereocenters. The van der Waals surface area contributed by atoms with E-state index in [9.17, 15) is 8.42 Å². The number of rotatable bonds is 6. The number of H-pyrrole nitrogens is 1. The standard InChI is InChI=1S/C18H23N5O2S/c1-26(24,25)21-10-6-16-13-22(12-15-5-9-20-23(15)16)11-14-3-2-4-18-17(14)7-8-19-18/h2-5,7-9,16,19,21H,6,10-13H2,1H3/t16-/m0/s1. The van der Waals surface area contributed by atoms with Crippen LogP contribution in [0.3, 0.4) is 0 Å². The lowest BCUT2D eigenvalue weighted by Crippen LogP contribution is -2.38. The molecule has 1 aliphatic heterocycles. The van der Waals surface area contributed by atoms with Crippen LogP contribution in [-0.4, -0.2) is 47.4 Å². The molecule has 0 aliphatic carbocycles. The zero-order valence-corrected chi connectivity index (χ0v) is 15.5. The van der Waals surface area contributed by atoms with Gasteiger partial charge in [0, 0.05) is 49.5 Å². The SMILES string of the molecule is CS(=O)(=O)NCC[C@H]1CN(Cc2cccc3[nH]ccc23)Cc2ccnn21. The molecular weight excluding hydrogens is 350 g/mol. The normalized spacial score (nSPS) is 18.3. The van der Waals surface area contributed by atoms with E-state index < -0.39 is 10.0 Å². The van der Waals surface area contributed by atoms with Crippen LogP contribution in [-0.2, 0) is 23.1 Å². The highest BCUT2D eigenvalue weighted by Crippen LogP contribution is 2.26. The molecule has 0 fully saturated rings. The van der Waals surface area contributed by atoms with E-state index in [1.54, 1.807) is 0 Å². The number of sulfonamides is 1. The number of aromatic nitrogens is 3. The molecule has 0 amide bonds. The molecule has 0 saturated heterocycles. The van der Waals surface area contributed by atoms with Crippen LogP contribution >= 0.6 is 0 Å². The number of hydrogen-bond donors (Lipinski definition) is 2. The summed E-state index contributed by atoms with van der Waals surface area (Å²) in [7, 11) is -3.17. The fourth-order valence-electron chi connectivity index (χ4n) is 3.74. The Morgan fingerprint density at radius 2 is 2.19 bits per heavy atom. The molecule has 3 heterocycles. The summed E-state index contributed by atoms with van der Waals surface area (Å²) < 4.78 is 27.3. The van der Waals surface area contributed by atoms with E-state index in [1.807, 2.05) is 23.1 Å². The third-order valence-corrected chi connectivity index (χ3v) is 5.60. The van der Waals surface area contributed by atoms with Crippen molar-refractivity contribution in [3.63, 3.8) is 0 Å². The summed E-state index contributed by atoms with van der Waals surface area (Å²) in [5, 5.41) is 5.70. The van der Waals surface area contributed by atoms with Crippen molar-refractivity contribution >= 4 is 20.9 Å². The number of benzene rings is 1. The molecule has 0 bridgehead atoms. The number of fused-ring (bicyclic) bond motifs is 2. The van der Waals surface area contributed by atoms with E-state index in [1.165, 1.54) is 22.9 Å². The van der Waals surface area contributed by atoms with Gasteiger partial charge in [-0.25, -0.2) is 13.1 Å². The van der Waals surface area contributed by atoms with E-state index in [4.69, 9.17) is 0 Å². The third-order valence-electron chi connectivity index (χ3n) is 4.87. The molecule has 1 aliphatic rings. The maximum absolute atomic E-state index is 11.3. The highest BCUT2D eigenvalue weighted by atomic mass is 32.2. The van der Waals surface area contributed by atoms with Gasteiger partial charge in [0.05, 0.1) is 18.0 Å². The lowest BCUT2D eigenvalue weighted by Gasteiger charge is -2.34. The van der Waals surface area contributed by atoms with Crippen LogP contribution in [0.25, 0.3) is 10.9 Å². The first-order valence-electron chi connectivity index (χ1n) is 8.74. The first-order valence-corrected chi connectivity index (χ1v) is 10.6. The highest BCUT2D eigenvalue weighted by Gasteiger charge is 2.25. The molecule has 2 aromatic heterocycles. The van der Waals surface area contributed by atoms with Crippen molar-refractivity contribution in [2.45, 2.75) is 25.6 Å². The lowest BCUT2D eigenvalue weighted by atomic mass is 10.1. The summed E-state index contributed by atoms with van der Waals surface area (Å²) in [6, 6.07) is 10.7. The van der Waals surface area contributed by atoms with Crippen molar-refractivity contribution in [3.05, 3.63) is 54.0 Å². The summed E-state index contributed by atoms with van der Waals surface area (Å²) in [5.41, 5.74) is 3.62. The van der Waals surface area contributed by atoms with Gasteiger partial charge in [0.25, 0.3) is 0 Å².